The van der Waals surface area contributed by atoms with Crippen molar-refractivity contribution in [2.45, 2.75) is 24.3 Å². The van der Waals surface area contributed by atoms with Crippen molar-refractivity contribution in [2.24, 2.45) is 0 Å². The molecule has 0 unspecified atom stereocenters. The van der Waals surface area contributed by atoms with E-state index in [1.165, 1.54) is 25.3 Å². The van der Waals surface area contributed by atoms with Crippen molar-refractivity contribution in [1.29, 1.82) is 0 Å². The molecule has 1 aliphatic heterocycles. The third kappa shape index (κ3) is 4.73. The highest BCUT2D eigenvalue weighted by Crippen LogP contribution is 2.35. The molecule has 1 heterocycles. The number of ether oxygens (including phenoxy) is 3. The summed E-state index contributed by atoms with van der Waals surface area (Å²) in [5, 5.41) is 2.96. The molecule has 172 valence electrons. The maximum atomic E-state index is 13.0. The van der Waals surface area contributed by atoms with Gasteiger partial charge in [-0.1, -0.05) is 24.3 Å². The number of hydrogen-bond donors (Lipinski definition) is 2. The molecule has 0 spiro atoms. The molecule has 0 atom stereocenters. The first-order valence-electron chi connectivity index (χ1n) is 10.2. The third-order valence-corrected chi connectivity index (χ3v) is 6.64. The van der Waals surface area contributed by atoms with Crippen LogP contribution in [-0.2, 0) is 15.6 Å². The van der Waals surface area contributed by atoms with Crippen LogP contribution in [-0.4, -0.2) is 28.2 Å². The van der Waals surface area contributed by atoms with Crippen LogP contribution in [0.3, 0.4) is 0 Å². The van der Waals surface area contributed by atoms with Crippen LogP contribution in [0.5, 0.6) is 17.2 Å². The van der Waals surface area contributed by atoms with E-state index in [-0.39, 0.29) is 17.3 Å². The van der Waals surface area contributed by atoms with Crippen LogP contribution in [0.2, 0.25) is 0 Å². The summed E-state index contributed by atoms with van der Waals surface area (Å²) in [6.45, 7) is 3.87. The molecule has 0 aliphatic carbocycles. The van der Waals surface area contributed by atoms with Crippen LogP contribution in [0.4, 0.5) is 5.69 Å². The van der Waals surface area contributed by atoms with Gasteiger partial charge in [-0.2, -0.15) is 0 Å². The monoisotopic (exact) mass is 468 g/mol. The maximum Gasteiger partial charge on any atom is 0.262 e. The number of methoxy groups -OCH3 is 1. The Balaban J connectivity index is 1.55. The van der Waals surface area contributed by atoms with E-state index < -0.39 is 21.5 Å². The average molecular weight is 469 g/mol. The molecule has 8 nitrogen and oxygen atoms in total. The van der Waals surface area contributed by atoms with E-state index >= 15 is 0 Å². The van der Waals surface area contributed by atoms with Crippen molar-refractivity contribution in [3.05, 3.63) is 77.9 Å². The Morgan fingerprint density at radius 2 is 1.73 bits per heavy atom. The molecular weight excluding hydrogens is 444 g/mol. The smallest absolute Gasteiger partial charge is 0.262 e. The van der Waals surface area contributed by atoms with Gasteiger partial charge < -0.3 is 19.5 Å². The first-order chi connectivity index (χ1) is 15.7. The Morgan fingerprint density at radius 3 is 2.52 bits per heavy atom. The fraction of sp³-hybridized carbons (Fsp3) is 0.208. The second-order valence-electron chi connectivity index (χ2n) is 7.98. The van der Waals surface area contributed by atoms with Gasteiger partial charge in [0.2, 0.25) is 6.79 Å². The highest BCUT2D eigenvalue weighted by atomic mass is 32.2. The van der Waals surface area contributed by atoms with Gasteiger partial charge in [-0.05, 0) is 61.9 Å². The Kier molecular flexibility index (Phi) is 5.90. The van der Waals surface area contributed by atoms with Gasteiger partial charge >= 0.3 is 0 Å². The minimum Gasteiger partial charge on any atom is -0.495 e. The highest BCUT2D eigenvalue weighted by molar-refractivity contribution is 7.92. The fourth-order valence-corrected chi connectivity index (χ4v) is 4.57. The van der Waals surface area contributed by atoms with Gasteiger partial charge in [0.1, 0.15) is 5.75 Å². The zero-order valence-corrected chi connectivity index (χ0v) is 19.2. The van der Waals surface area contributed by atoms with Gasteiger partial charge in [-0.25, -0.2) is 8.42 Å². The maximum absolute atomic E-state index is 13.0. The van der Waals surface area contributed by atoms with Crippen molar-refractivity contribution >= 4 is 21.6 Å². The zero-order chi connectivity index (χ0) is 23.6. The normalized spacial score (nSPS) is 12.8. The summed E-state index contributed by atoms with van der Waals surface area (Å²) in [6, 6.07) is 18.0. The van der Waals surface area contributed by atoms with E-state index in [1.54, 1.807) is 36.4 Å². The van der Waals surface area contributed by atoms with Crippen molar-refractivity contribution in [3.8, 4) is 17.2 Å². The lowest BCUT2D eigenvalue weighted by atomic mass is 9.93. The van der Waals surface area contributed by atoms with Gasteiger partial charge in [-0.15, -0.1) is 0 Å². The van der Waals surface area contributed by atoms with E-state index in [0.717, 1.165) is 5.56 Å². The molecule has 9 heteroatoms. The van der Waals surface area contributed by atoms with Gasteiger partial charge in [0.05, 0.1) is 23.2 Å². The van der Waals surface area contributed by atoms with Crippen LogP contribution < -0.4 is 24.2 Å². The molecule has 2 N–H and O–H groups in total. The number of carbonyl (C=O) groups is 1. The Hall–Kier alpha value is -3.72. The van der Waals surface area contributed by atoms with Gasteiger partial charge in [0, 0.05) is 5.56 Å². The summed E-state index contributed by atoms with van der Waals surface area (Å²) >= 11 is 0. The molecule has 4 rings (SSSR count). The molecule has 0 aromatic heterocycles. The Bertz CT molecular complexity index is 1300. The lowest BCUT2D eigenvalue weighted by Gasteiger charge is -2.27. The quantitative estimate of drug-likeness (QED) is 0.545. The number of amides is 1. The summed E-state index contributed by atoms with van der Waals surface area (Å²) in [5.74, 6) is 1.25. The predicted octanol–water partition coefficient (Wildman–Crippen LogP) is 3.89. The molecule has 3 aromatic rings. The fourth-order valence-electron chi connectivity index (χ4n) is 3.45. The van der Waals surface area contributed by atoms with Crippen LogP contribution >= 0.6 is 0 Å². The van der Waals surface area contributed by atoms with E-state index in [9.17, 15) is 13.2 Å². The van der Waals surface area contributed by atoms with E-state index in [2.05, 4.69) is 10.0 Å². The van der Waals surface area contributed by atoms with Crippen LogP contribution in [0.1, 0.15) is 29.8 Å². The number of hydrogen-bond acceptors (Lipinski definition) is 6. The third-order valence-electron chi connectivity index (χ3n) is 5.28. The van der Waals surface area contributed by atoms with Crippen molar-refractivity contribution in [1.82, 2.24) is 5.32 Å². The van der Waals surface area contributed by atoms with Gasteiger partial charge in [0.15, 0.2) is 11.5 Å². The molecule has 0 bridgehead atoms. The summed E-state index contributed by atoms with van der Waals surface area (Å²) in [4.78, 5) is 13.0. The van der Waals surface area contributed by atoms with Crippen molar-refractivity contribution in [2.75, 3.05) is 18.6 Å². The standard InChI is InChI=1S/C24H24N2O6S/c1-24(2,17-11-12-21-22(14-17)32-15-31-21)25-23(27)16-7-6-8-18(13-16)33(28,29)26-19-9-4-5-10-20(19)30-3/h4-14,26H,15H2,1-3H3,(H,25,27). The van der Waals surface area contributed by atoms with Crippen LogP contribution in [0.25, 0.3) is 0 Å². The van der Waals surface area contributed by atoms with Crippen molar-refractivity contribution in [3.63, 3.8) is 0 Å². The predicted molar refractivity (Wildman–Crippen MR) is 123 cm³/mol. The number of nitrogens with one attached hydrogen (secondary N) is 2. The SMILES string of the molecule is COc1ccccc1NS(=O)(=O)c1cccc(C(=O)NC(C)(C)c2ccc3c(c2)OCO3)c1. The summed E-state index contributed by atoms with van der Waals surface area (Å²) in [7, 11) is -2.49. The van der Waals surface area contributed by atoms with Crippen LogP contribution in [0, 0.1) is 0 Å². The molecule has 1 aliphatic rings. The Labute approximate surface area is 192 Å². The molecule has 1 amide bonds. The second kappa shape index (κ2) is 8.67. The van der Waals surface area contributed by atoms with E-state index in [0.29, 0.717) is 22.9 Å². The van der Waals surface area contributed by atoms with Crippen molar-refractivity contribution < 1.29 is 27.4 Å². The lowest BCUT2D eigenvalue weighted by molar-refractivity contribution is 0.0911. The second-order valence-corrected chi connectivity index (χ2v) is 9.66. The summed E-state index contributed by atoms with van der Waals surface area (Å²) in [6.07, 6.45) is 0. The topological polar surface area (TPSA) is 103 Å². The zero-order valence-electron chi connectivity index (χ0n) is 18.4. The van der Waals surface area contributed by atoms with Crippen LogP contribution in [0.15, 0.2) is 71.6 Å². The number of rotatable bonds is 7. The van der Waals surface area contributed by atoms with Gasteiger partial charge in [0.25, 0.3) is 15.9 Å². The summed E-state index contributed by atoms with van der Waals surface area (Å²) < 4.78 is 44.3. The number of para-hydroxylation sites is 2. The number of sulfonamides is 1. The largest absolute Gasteiger partial charge is 0.495 e. The Morgan fingerprint density at radius 1 is 0.970 bits per heavy atom. The first-order valence-corrected chi connectivity index (χ1v) is 11.7. The van der Waals surface area contributed by atoms with Gasteiger partial charge in [-0.3, -0.25) is 9.52 Å². The minimum atomic E-state index is -3.95. The van der Waals surface area contributed by atoms with E-state index in [4.69, 9.17) is 14.2 Å². The highest BCUT2D eigenvalue weighted by Gasteiger charge is 2.27. The number of benzene rings is 3. The molecule has 0 saturated heterocycles. The molecule has 3 aromatic carbocycles. The first kappa shape index (κ1) is 22.5. The number of fused-ring (bicyclic) bond motifs is 1. The minimum absolute atomic E-state index is 0.0399. The molecule has 0 saturated carbocycles. The molecule has 33 heavy (non-hydrogen) atoms. The lowest BCUT2D eigenvalue weighted by Crippen LogP contribution is -2.41. The van der Waals surface area contributed by atoms with E-state index in [1.807, 2.05) is 26.0 Å². The average Bonchev–Trinajstić information content (AvgIpc) is 3.27. The number of carbonyl (C=O) groups excluding carboxylic acids is 1. The molecule has 0 fully saturated rings. The number of anilines is 1. The molecular formula is C24H24N2O6S. The summed E-state index contributed by atoms with van der Waals surface area (Å²) in [5.41, 5.74) is 0.593. The molecule has 0 radical (unpaired) electrons.